The van der Waals surface area contributed by atoms with Crippen molar-refractivity contribution in [1.82, 2.24) is 4.90 Å². The summed E-state index contributed by atoms with van der Waals surface area (Å²) in [6, 6.07) is 0. The smallest absolute Gasteiger partial charge is 0.337 e. The number of likely N-dealkylation sites (tertiary alicyclic amines) is 1. The van der Waals surface area contributed by atoms with Crippen LogP contribution >= 0.6 is 0 Å². The highest BCUT2D eigenvalue weighted by atomic mass is 16.5. The standard InChI is InChI=1S/C11H19NO3/c1-12-7-3-6-11(8-12,10(13)14)15-9-4-2-5-9/h9H,2-8H2,1H3,(H,13,14). The van der Waals surface area contributed by atoms with Crippen LogP contribution in [0.25, 0.3) is 0 Å². The van der Waals surface area contributed by atoms with Gasteiger partial charge in [-0.15, -0.1) is 0 Å². The molecular weight excluding hydrogens is 194 g/mol. The molecule has 1 aliphatic carbocycles. The van der Waals surface area contributed by atoms with Crippen LogP contribution in [0.4, 0.5) is 0 Å². The molecule has 0 radical (unpaired) electrons. The molecule has 2 aliphatic rings. The summed E-state index contributed by atoms with van der Waals surface area (Å²) in [7, 11) is 1.96. The second-order valence-electron chi connectivity index (χ2n) is 4.81. The van der Waals surface area contributed by atoms with Crippen molar-refractivity contribution in [1.29, 1.82) is 0 Å². The fourth-order valence-corrected chi connectivity index (χ4v) is 2.36. The number of ether oxygens (including phenoxy) is 1. The van der Waals surface area contributed by atoms with E-state index in [2.05, 4.69) is 4.90 Å². The first kappa shape index (κ1) is 10.9. The van der Waals surface area contributed by atoms with Crippen LogP contribution in [0.2, 0.25) is 0 Å². The molecule has 0 aromatic rings. The van der Waals surface area contributed by atoms with Gasteiger partial charge in [0.1, 0.15) is 0 Å². The third-order valence-electron chi connectivity index (χ3n) is 3.48. The Morgan fingerprint density at radius 3 is 2.67 bits per heavy atom. The van der Waals surface area contributed by atoms with E-state index in [1.54, 1.807) is 0 Å². The van der Waals surface area contributed by atoms with Crippen LogP contribution in [-0.2, 0) is 9.53 Å². The van der Waals surface area contributed by atoms with Gasteiger partial charge >= 0.3 is 5.97 Å². The lowest BCUT2D eigenvalue weighted by Crippen LogP contribution is -2.56. The summed E-state index contributed by atoms with van der Waals surface area (Å²) in [5, 5.41) is 9.32. The first-order valence-corrected chi connectivity index (χ1v) is 5.72. The van der Waals surface area contributed by atoms with Gasteiger partial charge in [0.25, 0.3) is 0 Å². The van der Waals surface area contributed by atoms with Crippen LogP contribution in [0.3, 0.4) is 0 Å². The second kappa shape index (κ2) is 4.10. The Balaban J connectivity index is 2.04. The predicted octanol–water partition coefficient (Wildman–Crippen LogP) is 1.10. The number of hydrogen-bond acceptors (Lipinski definition) is 3. The summed E-state index contributed by atoms with van der Waals surface area (Å²) in [6.07, 6.45) is 4.99. The number of nitrogens with zero attached hydrogens (tertiary/aromatic N) is 1. The average molecular weight is 213 g/mol. The minimum Gasteiger partial charge on any atom is -0.479 e. The zero-order valence-corrected chi connectivity index (χ0v) is 9.24. The molecule has 0 aromatic heterocycles. The van der Waals surface area contributed by atoms with Gasteiger partial charge in [-0.2, -0.15) is 0 Å². The average Bonchev–Trinajstić information content (AvgIpc) is 2.11. The number of likely N-dealkylation sites (N-methyl/N-ethyl adjacent to an activating group) is 1. The molecule has 4 nitrogen and oxygen atoms in total. The van der Waals surface area contributed by atoms with E-state index >= 15 is 0 Å². The maximum atomic E-state index is 11.3. The molecule has 4 heteroatoms. The van der Waals surface area contributed by atoms with Gasteiger partial charge in [0, 0.05) is 6.54 Å². The lowest BCUT2D eigenvalue weighted by molar-refractivity contribution is -0.190. The van der Waals surface area contributed by atoms with Crippen molar-refractivity contribution >= 4 is 5.97 Å². The first-order valence-electron chi connectivity index (χ1n) is 5.72. The second-order valence-corrected chi connectivity index (χ2v) is 4.81. The van der Waals surface area contributed by atoms with Crippen molar-refractivity contribution in [3.8, 4) is 0 Å². The Labute approximate surface area is 90.2 Å². The number of hydrogen-bond donors (Lipinski definition) is 1. The van der Waals surface area contributed by atoms with Crippen molar-refractivity contribution in [2.75, 3.05) is 20.1 Å². The summed E-state index contributed by atoms with van der Waals surface area (Å²) >= 11 is 0. The van der Waals surface area contributed by atoms with E-state index in [-0.39, 0.29) is 6.10 Å². The van der Waals surface area contributed by atoms with Crippen LogP contribution < -0.4 is 0 Å². The third-order valence-corrected chi connectivity index (χ3v) is 3.48. The molecule has 0 spiro atoms. The maximum Gasteiger partial charge on any atom is 0.337 e. The third kappa shape index (κ3) is 2.16. The fourth-order valence-electron chi connectivity index (χ4n) is 2.36. The molecule has 1 heterocycles. The molecule has 15 heavy (non-hydrogen) atoms. The van der Waals surface area contributed by atoms with Gasteiger partial charge < -0.3 is 14.7 Å². The highest BCUT2D eigenvalue weighted by molar-refractivity contribution is 5.78. The van der Waals surface area contributed by atoms with E-state index in [0.29, 0.717) is 13.0 Å². The van der Waals surface area contributed by atoms with Crippen LogP contribution in [0.15, 0.2) is 0 Å². The molecule has 1 atom stereocenters. The van der Waals surface area contributed by atoms with Gasteiger partial charge in [0.2, 0.25) is 0 Å². The van der Waals surface area contributed by atoms with Gasteiger partial charge in [-0.3, -0.25) is 0 Å². The Hall–Kier alpha value is -0.610. The molecule has 1 unspecified atom stereocenters. The molecular formula is C11H19NO3. The number of carbonyl (C=O) groups is 1. The van der Waals surface area contributed by atoms with E-state index in [4.69, 9.17) is 4.74 Å². The number of carboxylic acids is 1. The molecule has 86 valence electrons. The van der Waals surface area contributed by atoms with E-state index in [1.165, 1.54) is 6.42 Å². The number of carboxylic acid groups (broad SMARTS) is 1. The molecule has 2 fully saturated rings. The number of aliphatic carboxylic acids is 1. The molecule has 1 N–H and O–H groups in total. The minimum atomic E-state index is -0.932. The quantitative estimate of drug-likeness (QED) is 0.763. The number of rotatable bonds is 3. The highest BCUT2D eigenvalue weighted by Crippen LogP contribution is 2.32. The monoisotopic (exact) mass is 213 g/mol. The van der Waals surface area contributed by atoms with E-state index < -0.39 is 11.6 Å². The summed E-state index contributed by atoms with van der Waals surface area (Å²) in [6.45, 7) is 1.50. The lowest BCUT2D eigenvalue weighted by atomic mass is 9.90. The summed E-state index contributed by atoms with van der Waals surface area (Å²) < 4.78 is 5.81. The van der Waals surface area contributed by atoms with Crippen molar-refractivity contribution in [2.24, 2.45) is 0 Å². The first-order chi connectivity index (χ1) is 7.12. The lowest BCUT2D eigenvalue weighted by Gasteiger charge is -2.42. The van der Waals surface area contributed by atoms with Crippen LogP contribution in [-0.4, -0.2) is 47.8 Å². The van der Waals surface area contributed by atoms with E-state index in [0.717, 1.165) is 25.8 Å². The zero-order chi connectivity index (χ0) is 10.9. The molecule has 1 aliphatic heterocycles. The molecule has 1 saturated carbocycles. The van der Waals surface area contributed by atoms with E-state index in [1.807, 2.05) is 7.05 Å². The number of piperidine rings is 1. The molecule has 0 bridgehead atoms. The summed E-state index contributed by atoms with van der Waals surface area (Å²) in [5.41, 5.74) is -0.932. The summed E-state index contributed by atoms with van der Waals surface area (Å²) in [4.78, 5) is 13.4. The Morgan fingerprint density at radius 1 is 1.47 bits per heavy atom. The fraction of sp³-hybridized carbons (Fsp3) is 0.909. The van der Waals surface area contributed by atoms with E-state index in [9.17, 15) is 9.90 Å². The largest absolute Gasteiger partial charge is 0.479 e. The SMILES string of the molecule is CN1CCCC(OC2CCC2)(C(=O)O)C1. The van der Waals surface area contributed by atoms with Crippen LogP contribution in [0, 0.1) is 0 Å². The Bertz CT molecular complexity index is 252. The van der Waals surface area contributed by atoms with Crippen molar-refractivity contribution in [2.45, 2.75) is 43.8 Å². The van der Waals surface area contributed by atoms with Gasteiger partial charge in [-0.05, 0) is 45.7 Å². The predicted molar refractivity (Wildman–Crippen MR) is 55.8 cm³/mol. The Morgan fingerprint density at radius 2 is 2.20 bits per heavy atom. The van der Waals surface area contributed by atoms with Crippen molar-refractivity contribution in [3.63, 3.8) is 0 Å². The van der Waals surface area contributed by atoms with Gasteiger partial charge in [0.05, 0.1) is 6.10 Å². The van der Waals surface area contributed by atoms with Crippen molar-refractivity contribution in [3.05, 3.63) is 0 Å². The normalized spacial score (nSPS) is 33.7. The van der Waals surface area contributed by atoms with Gasteiger partial charge in [0.15, 0.2) is 5.60 Å². The molecule has 2 rings (SSSR count). The maximum absolute atomic E-state index is 11.3. The molecule has 1 saturated heterocycles. The van der Waals surface area contributed by atoms with Gasteiger partial charge in [-0.25, -0.2) is 4.79 Å². The van der Waals surface area contributed by atoms with Crippen LogP contribution in [0.5, 0.6) is 0 Å². The highest BCUT2D eigenvalue weighted by Gasteiger charge is 2.45. The molecule has 0 aromatic carbocycles. The molecule has 0 amide bonds. The zero-order valence-electron chi connectivity index (χ0n) is 9.24. The van der Waals surface area contributed by atoms with Gasteiger partial charge in [-0.1, -0.05) is 0 Å². The summed E-state index contributed by atoms with van der Waals surface area (Å²) in [5.74, 6) is -0.791. The van der Waals surface area contributed by atoms with Crippen LogP contribution in [0.1, 0.15) is 32.1 Å². The minimum absolute atomic E-state index is 0.188. The van der Waals surface area contributed by atoms with Crippen molar-refractivity contribution < 1.29 is 14.6 Å². The topological polar surface area (TPSA) is 49.8 Å². The Kier molecular flexibility index (Phi) is 2.98.